The quantitative estimate of drug-likeness (QED) is 0.0122. The average Bonchev–Trinajstić information content (AvgIpc) is 0.763. The van der Waals surface area contributed by atoms with Crippen LogP contribution in [0.2, 0.25) is 0 Å². The van der Waals surface area contributed by atoms with Crippen molar-refractivity contribution in [3.05, 3.63) is 502 Å². The van der Waals surface area contributed by atoms with E-state index in [1.54, 1.807) is 0 Å². The van der Waals surface area contributed by atoms with Crippen LogP contribution in [0.5, 0.6) is 69.0 Å². The molecule has 0 radical (unpaired) electrons. The molecule has 0 amide bonds. The van der Waals surface area contributed by atoms with Crippen molar-refractivity contribution in [1.82, 2.24) is 0 Å². The van der Waals surface area contributed by atoms with Crippen LogP contribution in [0.4, 0.5) is 0 Å². The van der Waals surface area contributed by atoms with Gasteiger partial charge in [0.2, 0.25) is 41.3 Å². The van der Waals surface area contributed by atoms with Crippen molar-refractivity contribution in [1.29, 1.82) is 5.41 Å². The lowest BCUT2D eigenvalue weighted by Crippen LogP contribution is -2.63. The molecule has 1 fully saturated rings. The molecule has 16 aromatic rings. The molecule has 1 N–H and O–H groups in total. The number of nitrogens with one attached hydrogen (secondary N) is 1. The number of carbonyl (C=O) groups is 4. The van der Waals surface area contributed by atoms with E-state index in [0.29, 0.717) is 11.1 Å². The Morgan fingerprint density at radius 1 is 0.226 bits per heavy atom. The van der Waals surface area contributed by atoms with E-state index in [1.165, 1.54) is 48.5 Å². The number of rotatable bonds is 46. The van der Waals surface area contributed by atoms with Gasteiger partial charge in [0.25, 0.3) is 3.79 Å². The Hall–Kier alpha value is -16.7. The van der Waals surface area contributed by atoms with Crippen molar-refractivity contribution in [3.8, 4) is 69.0 Å². The van der Waals surface area contributed by atoms with Crippen LogP contribution in [-0.4, -0.2) is 70.9 Å². The van der Waals surface area contributed by atoms with E-state index >= 15 is 19.2 Å². The molecule has 26 heteroatoms. The molecule has 1 aliphatic heterocycles. The van der Waals surface area contributed by atoms with Gasteiger partial charge in [0.15, 0.2) is 58.2 Å². The first-order valence-electron chi connectivity index (χ1n) is 47.1. The first-order valence-corrected chi connectivity index (χ1v) is 48.2. The third kappa shape index (κ3) is 28.6. The number of ether oxygens (including phenoxy) is 18. The minimum Gasteiger partial charge on any atom is -0.485 e. The topological polar surface area (TPSA) is 258 Å². The van der Waals surface area contributed by atoms with Crippen molar-refractivity contribution in [2.45, 2.75) is 114 Å². The molecular weight excluding hydrogens is 1910 g/mol. The fourth-order valence-electron chi connectivity index (χ4n) is 15.5. The van der Waals surface area contributed by atoms with E-state index in [0.717, 1.165) is 55.6 Å². The molecule has 146 heavy (non-hydrogen) atoms. The van der Waals surface area contributed by atoms with Crippen molar-refractivity contribution in [2.24, 2.45) is 0 Å². The third-order valence-electron chi connectivity index (χ3n) is 23.0. The molecule has 0 spiro atoms. The van der Waals surface area contributed by atoms with Crippen molar-refractivity contribution in [3.63, 3.8) is 0 Å². The number of carbonyl (C=O) groups excluding carboxylic acids is 4. The Kier molecular flexibility index (Phi) is 35.1. The third-order valence-corrected chi connectivity index (χ3v) is 23.5. The van der Waals surface area contributed by atoms with Crippen LogP contribution < -0.4 is 56.8 Å². The molecular formula is C120H100Cl3NO22. The van der Waals surface area contributed by atoms with Gasteiger partial charge in [-0.25, -0.2) is 19.2 Å². The highest BCUT2D eigenvalue weighted by Gasteiger charge is 2.56. The largest absolute Gasteiger partial charge is 0.485 e. The Morgan fingerprint density at radius 3 is 0.589 bits per heavy atom. The molecule has 16 aromatic carbocycles. The highest BCUT2D eigenvalue weighted by atomic mass is 35.6. The van der Waals surface area contributed by atoms with Gasteiger partial charge in [-0.3, -0.25) is 5.41 Å². The maximum absolute atomic E-state index is 16.9. The van der Waals surface area contributed by atoms with E-state index in [-0.39, 0.29) is 171 Å². The monoisotopic (exact) mass is 2010 g/mol. The average molecular weight is 2010 g/mol. The molecule has 0 unspecified atom stereocenters. The summed E-state index contributed by atoms with van der Waals surface area (Å²) in [6, 6.07) is 123. The standard InChI is InChI=1S/C120H100Cl3NO22/c121-120(122,123)119(124)146-118-113(145-117(128)97-67-104(135-75-88-49-25-7-26-50-88)110(140-80-93-59-35-12-36-60-93)105(68-97)136-76-89-51-27-8-28-52-89)112(144-116(127)96-65-102(133-73-86-45-21-5-22-46-86)109(139-79-92-57-33-11-34-58-92)103(66-96)134-74-87-47-23-6-24-48-87)111(143-115(126)95-63-100(131-71-84-41-17-3-18-42-84)108(138-78-91-55-31-10-32-56-91)101(64-95)132-72-85-43-19-4-20-44-85)106(142-118)81-141-114(125)94-61-98(129-69-82-37-13-1-14-38-82)107(137-77-90-53-29-9-30-54-90)99(62-94)130-70-83-39-15-2-16-40-83/h1-68,106,111-113,118,124H,69-81H2/t106-,111-,112+,113-,118-/m1/s1. The Bertz CT molecular complexity index is 6690. The maximum Gasteiger partial charge on any atom is 0.339 e. The minimum atomic E-state index is -2.76. The Balaban J connectivity index is 0.852. The van der Waals surface area contributed by atoms with E-state index < -0.39 is 70.9 Å². The summed E-state index contributed by atoms with van der Waals surface area (Å²) >= 11 is 20.0. The number of benzene rings is 16. The van der Waals surface area contributed by atoms with Crippen LogP contribution in [0.3, 0.4) is 0 Å². The fraction of sp³-hybridized carbons (Fsp3) is 0.158. The van der Waals surface area contributed by atoms with Gasteiger partial charge >= 0.3 is 23.9 Å². The molecule has 0 aromatic heterocycles. The van der Waals surface area contributed by atoms with Crippen molar-refractivity contribution >= 4 is 64.6 Å². The van der Waals surface area contributed by atoms with Crippen LogP contribution in [0.1, 0.15) is 108 Å². The van der Waals surface area contributed by atoms with E-state index in [2.05, 4.69) is 0 Å². The Morgan fingerprint density at radius 2 is 0.397 bits per heavy atom. The lowest BCUT2D eigenvalue weighted by atomic mass is 9.97. The summed E-state index contributed by atoms with van der Waals surface area (Å²) in [4.78, 5) is 66.3. The van der Waals surface area contributed by atoms with Crippen molar-refractivity contribution in [2.75, 3.05) is 6.61 Å². The summed E-state index contributed by atoms with van der Waals surface area (Å²) < 4.78 is 119. The molecule has 1 aliphatic rings. The summed E-state index contributed by atoms with van der Waals surface area (Å²) in [6.45, 7) is -1.59. The summed E-state index contributed by atoms with van der Waals surface area (Å²) in [5.74, 6) is -5.71. The second-order valence-corrected chi connectivity index (χ2v) is 36.0. The van der Waals surface area contributed by atoms with Crippen LogP contribution in [0.25, 0.3) is 0 Å². The van der Waals surface area contributed by atoms with Crippen LogP contribution in [0.15, 0.2) is 413 Å². The van der Waals surface area contributed by atoms with Crippen LogP contribution >= 0.6 is 34.8 Å². The van der Waals surface area contributed by atoms with Gasteiger partial charge in [-0.05, 0) is 115 Å². The van der Waals surface area contributed by atoms with E-state index in [9.17, 15) is 5.41 Å². The van der Waals surface area contributed by atoms with E-state index in [4.69, 9.17) is 120 Å². The molecule has 1 heterocycles. The SMILES string of the molecule is N=C(O[C@H]1O[C@H](COC(=O)c2cc(OCc3ccccc3)c(OCc3ccccc3)c(OCc3ccccc3)c2)[C@@H](OC(=O)c2cc(OCc3ccccc3)c(OCc3ccccc3)c(OCc3ccccc3)c2)[C@H](OC(=O)c2cc(OCc3ccccc3)c(OCc3ccccc3)c(OCc3ccccc3)c2)[C@H]1OC(=O)c1cc(OCc2ccccc2)c(OCc2ccccc2)c(OCc2ccccc2)c1)C(Cl)(Cl)Cl. The van der Waals surface area contributed by atoms with Gasteiger partial charge in [-0.1, -0.05) is 399 Å². The van der Waals surface area contributed by atoms with Gasteiger partial charge in [0, 0.05) is 0 Å². The highest BCUT2D eigenvalue weighted by Crippen LogP contribution is 2.48. The second kappa shape index (κ2) is 50.8. The number of halogens is 3. The predicted octanol–water partition coefficient (Wildman–Crippen LogP) is 25.6. The number of hydrogen-bond acceptors (Lipinski definition) is 23. The normalized spacial score (nSPS) is 14.1. The zero-order valence-corrected chi connectivity index (χ0v) is 81.2. The van der Waals surface area contributed by atoms with Gasteiger partial charge in [-0.2, -0.15) is 0 Å². The maximum atomic E-state index is 16.9. The van der Waals surface area contributed by atoms with E-state index in [1.807, 2.05) is 364 Å². The molecule has 17 rings (SSSR count). The first-order chi connectivity index (χ1) is 71.5. The van der Waals surface area contributed by atoms with Gasteiger partial charge in [-0.15, -0.1) is 0 Å². The fourth-order valence-corrected chi connectivity index (χ4v) is 15.6. The summed E-state index contributed by atoms with van der Waals surface area (Å²) in [7, 11) is 0. The summed E-state index contributed by atoms with van der Waals surface area (Å²) in [5, 5.41) is 9.51. The van der Waals surface area contributed by atoms with Gasteiger partial charge in [0.05, 0.1) is 22.3 Å². The number of esters is 4. The predicted molar refractivity (Wildman–Crippen MR) is 551 cm³/mol. The second-order valence-electron chi connectivity index (χ2n) is 33.7. The summed E-state index contributed by atoms with van der Waals surface area (Å²) in [6.07, 6.45) is -11.3. The van der Waals surface area contributed by atoms with Crippen molar-refractivity contribution < 1.29 is 104 Å². The Labute approximate surface area is 859 Å². The van der Waals surface area contributed by atoms with Crippen LogP contribution in [-0.2, 0) is 108 Å². The first kappa shape index (κ1) is 101. The summed E-state index contributed by atoms with van der Waals surface area (Å²) in [5.41, 5.74) is 7.81. The van der Waals surface area contributed by atoms with Gasteiger partial charge in [0.1, 0.15) is 92.0 Å². The molecule has 0 bridgehead atoms. The van der Waals surface area contributed by atoms with Crippen LogP contribution in [0, 0.1) is 5.41 Å². The molecule has 23 nitrogen and oxygen atoms in total. The molecule has 0 saturated carbocycles. The lowest BCUT2D eigenvalue weighted by molar-refractivity contribution is -0.279. The highest BCUT2D eigenvalue weighted by molar-refractivity contribution is 6.76. The molecule has 5 atom stereocenters. The minimum absolute atomic E-state index is 0.0145. The molecule has 738 valence electrons. The number of hydrogen-bond donors (Lipinski definition) is 1. The lowest BCUT2D eigenvalue weighted by Gasteiger charge is -2.44. The smallest absolute Gasteiger partial charge is 0.339 e. The molecule has 0 aliphatic carbocycles. The number of alkyl halides is 3. The van der Waals surface area contributed by atoms with Gasteiger partial charge < -0.3 is 85.3 Å². The zero-order valence-electron chi connectivity index (χ0n) is 79.0. The zero-order chi connectivity index (χ0) is 100. The molecule has 1 saturated heterocycles.